The molecule has 0 saturated heterocycles. The molecule has 0 spiro atoms. The summed E-state index contributed by atoms with van der Waals surface area (Å²) in [4.78, 5) is 0. The van der Waals surface area contributed by atoms with Crippen LogP contribution in [0.5, 0.6) is 0 Å². The quantitative estimate of drug-likeness (QED) is 0.357. The molecule has 0 aliphatic heterocycles. The van der Waals surface area contributed by atoms with Crippen molar-refractivity contribution in [3.05, 3.63) is 0 Å². The van der Waals surface area contributed by atoms with E-state index in [-0.39, 0.29) is 48.9 Å². The second-order valence-corrected chi connectivity index (χ2v) is 1.35. The number of halogens is 1. The molecule has 5 heteroatoms. The first-order chi connectivity index (χ1) is 1.73. The molecule has 0 aromatic rings. The second kappa shape index (κ2) is 6.18. The molecule has 5 heavy (non-hydrogen) atoms. The van der Waals surface area contributed by atoms with Crippen LogP contribution in [-0.4, -0.2) is 52.3 Å². The summed E-state index contributed by atoms with van der Waals surface area (Å²) in [6.45, 7) is 0. The zero-order valence-electron chi connectivity index (χ0n) is 1.64. The van der Waals surface area contributed by atoms with Gasteiger partial charge in [-0.25, -0.2) is 0 Å². The Balaban J connectivity index is 0. The molecule has 0 atom stereocenters. The van der Waals surface area contributed by atoms with Crippen LogP contribution >= 0.6 is 0 Å². The summed E-state index contributed by atoms with van der Waals surface area (Å²) in [5, 5.41) is 0. The summed E-state index contributed by atoms with van der Waals surface area (Å²) in [7, 11) is 0. The first-order valence-electron chi connectivity index (χ1n) is 0.478. The van der Waals surface area contributed by atoms with Crippen LogP contribution in [0.1, 0.15) is 0 Å². The van der Waals surface area contributed by atoms with E-state index in [0.717, 1.165) is 0 Å². The van der Waals surface area contributed by atoms with E-state index in [2.05, 4.69) is 0 Å². The second-order valence-electron chi connectivity index (χ2n) is 0.201. The normalized spacial score (nSPS) is 7.20. The van der Waals surface area contributed by atoms with Crippen molar-refractivity contribution in [1.82, 2.24) is 0 Å². The number of rotatable bonds is 0. The first kappa shape index (κ1) is 10.2. The zero-order valence-corrected chi connectivity index (χ0v) is 3.80. The van der Waals surface area contributed by atoms with Gasteiger partial charge in [0.2, 0.25) is 0 Å². The van der Waals surface area contributed by atoms with E-state index < -0.39 is 21.1 Å². The van der Waals surface area contributed by atoms with E-state index in [4.69, 9.17) is 10.3 Å². The zero-order chi connectivity index (χ0) is 3.58. The molecule has 0 bridgehead atoms. The topological polar surface area (TPSA) is 66.3 Å². The van der Waals surface area contributed by atoms with Gasteiger partial charge in [0.15, 0.2) is 0 Å². The molecule has 0 heterocycles. The van der Waals surface area contributed by atoms with Crippen molar-refractivity contribution in [2.75, 3.05) is 0 Å². The summed E-state index contributed by atoms with van der Waals surface area (Å²) < 4.78 is 24.5. The molecule has 0 rings (SSSR count). The molecule has 1 N–H and O–H groups in total. The third-order valence-electron chi connectivity index (χ3n) is 0. The maximum absolute atomic E-state index is 8.68. The van der Waals surface area contributed by atoms with Gasteiger partial charge in [0, 0.05) is 0 Å². The standard InChI is InChI=1S/Ba.HIO3.2H/c;2-1(3)4;;/h;2H;;. The van der Waals surface area contributed by atoms with Gasteiger partial charge >= 0.3 is 69.9 Å². The minimum absolute atomic E-state index is 0. The van der Waals surface area contributed by atoms with Crippen molar-refractivity contribution < 1.29 is 31.4 Å². The smallest absolute Gasteiger partial charge is 0.396 e. The van der Waals surface area contributed by atoms with Crippen molar-refractivity contribution >= 4 is 48.9 Å². The van der Waals surface area contributed by atoms with E-state index in [1.165, 1.54) is 0 Å². The molecule has 0 unspecified atom stereocenters. The Morgan fingerprint density at radius 1 is 1.40 bits per heavy atom. The average molecular weight is 315 g/mol. The van der Waals surface area contributed by atoms with Gasteiger partial charge in [0.05, 0.1) is 0 Å². The van der Waals surface area contributed by atoms with Gasteiger partial charge in [-0.2, -0.15) is 0 Å². The minimum atomic E-state index is -3.76. The van der Waals surface area contributed by atoms with Gasteiger partial charge in [0.25, 0.3) is 0 Å². The fraction of sp³-hybridized carbons (Fsp3) is 0. The van der Waals surface area contributed by atoms with Crippen LogP contribution in [0.2, 0.25) is 0 Å². The van der Waals surface area contributed by atoms with Crippen molar-refractivity contribution in [1.29, 1.82) is 0 Å². The minimum Gasteiger partial charge on any atom is -0.396 e. The number of hydrogen-bond acceptors (Lipinski definition) is 3. The maximum Gasteiger partial charge on any atom is 0.503 e. The molecule has 0 amide bonds. The Hall–Kier alpha value is 2.18. The van der Waals surface area contributed by atoms with E-state index in [0.29, 0.717) is 0 Å². The maximum atomic E-state index is 8.68. The van der Waals surface area contributed by atoms with Gasteiger partial charge in [-0.15, -0.1) is 0 Å². The molecule has 0 radical (unpaired) electrons. The van der Waals surface area contributed by atoms with E-state index in [1.54, 1.807) is 0 Å². The SMILES string of the molecule is [BaH2].[O-][I+2]([O-])O. The van der Waals surface area contributed by atoms with Crippen molar-refractivity contribution in [2.24, 2.45) is 0 Å². The van der Waals surface area contributed by atoms with E-state index in [1.807, 2.05) is 0 Å². The number of hydrogen-bond donors (Lipinski definition) is 1. The predicted molar refractivity (Wildman–Crippen MR) is 10.8 cm³/mol. The third kappa shape index (κ3) is 22.7. The Morgan fingerprint density at radius 2 is 1.40 bits per heavy atom. The van der Waals surface area contributed by atoms with Crippen LogP contribution in [0.4, 0.5) is 0 Å². The average Bonchev–Trinajstić information content (AvgIpc) is 0.811. The Bertz CT molecular complexity index is 11.6. The van der Waals surface area contributed by atoms with Gasteiger partial charge in [0.1, 0.15) is 0 Å². The predicted octanol–water partition coefficient (Wildman–Crippen LogP) is -6.85. The summed E-state index contributed by atoms with van der Waals surface area (Å²) >= 11 is -3.76. The van der Waals surface area contributed by atoms with Crippen molar-refractivity contribution in [2.45, 2.75) is 0 Å². The molecule has 0 saturated carbocycles. The third-order valence-corrected chi connectivity index (χ3v) is 0. The van der Waals surface area contributed by atoms with Crippen LogP contribution in [0.3, 0.4) is 0 Å². The summed E-state index contributed by atoms with van der Waals surface area (Å²) in [5.41, 5.74) is 0. The van der Waals surface area contributed by atoms with Crippen LogP contribution < -0.4 is 27.9 Å². The Kier molecular flexibility index (Phi) is 12.6. The van der Waals surface area contributed by atoms with Gasteiger partial charge in [-0.05, 0) is 3.44 Å². The van der Waals surface area contributed by atoms with E-state index in [9.17, 15) is 0 Å². The monoisotopic (exact) mass is 316 g/mol. The molecule has 0 aromatic heterocycles. The molecule has 30 valence electrons. The Morgan fingerprint density at radius 3 is 1.40 bits per heavy atom. The van der Waals surface area contributed by atoms with E-state index >= 15 is 0 Å². The molecule has 3 nitrogen and oxygen atoms in total. The summed E-state index contributed by atoms with van der Waals surface area (Å²) in [6.07, 6.45) is 0. The summed E-state index contributed by atoms with van der Waals surface area (Å²) in [6, 6.07) is 0. The molecule has 0 aliphatic carbocycles. The van der Waals surface area contributed by atoms with Crippen LogP contribution in [0.15, 0.2) is 0 Å². The van der Waals surface area contributed by atoms with Crippen LogP contribution in [0, 0.1) is 0 Å². The van der Waals surface area contributed by atoms with Gasteiger partial charge < -0.3 is 6.87 Å². The van der Waals surface area contributed by atoms with Gasteiger partial charge in [-0.1, -0.05) is 0 Å². The first-order valence-corrected chi connectivity index (χ1v) is 3.20. The fourth-order valence-corrected chi connectivity index (χ4v) is 0. The van der Waals surface area contributed by atoms with Gasteiger partial charge in [-0.3, -0.25) is 0 Å². The van der Waals surface area contributed by atoms with Crippen molar-refractivity contribution in [3.8, 4) is 0 Å². The largest absolute Gasteiger partial charge is 0.503 e. The summed E-state index contributed by atoms with van der Waals surface area (Å²) in [5.74, 6) is 0. The van der Waals surface area contributed by atoms with Crippen molar-refractivity contribution in [3.63, 3.8) is 0 Å². The molecule has 0 aromatic carbocycles. The molecule has 0 fully saturated rings. The molecular formula is H3BaIO3. The van der Waals surface area contributed by atoms with Crippen LogP contribution in [-0.2, 0) is 0 Å². The fourth-order valence-electron chi connectivity index (χ4n) is 0. The molecule has 0 aliphatic rings. The molecular weight excluding hydrogens is 312 g/mol. The van der Waals surface area contributed by atoms with Crippen LogP contribution in [0.25, 0.3) is 0 Å². The Labute approximate surface area is 78.5 Å².